The van der Waals surface area contributed by atoms with Gasteiger partial charge in [0.1, 0.15) is 11.6 Å². The van der Waals surface area contributed by atoms with Gasteiger partial charge in [0.15, 0.2) is 5.82 Å². The highest BCUT2D eigenvalue weighted by atomic mass is 16.1. The van der Waals surface area contributed by atoms with Gasteiger partial charge in [-0.05, 0) is 30.9 Å². The first kappa shape index (κ1) is 28.5. The number of hydrogen-bond acceptors (Lipinski definition) is 7. The summed E-state index contributed by atoms with van der Waals surface area (Å²) in [6.07, 6.45) is 0.854. The minimum atomic E-state index is -0.280. The Bertz CT molecular complexity index is 1290. The Morgan fingerprint density at radius 2 is 1.67 bits per heavy atom. The van der Waals surface area contributed by atoms with Crippen molar-refractivity contribution < 1.29 is 4.79 Å². The average Bonchev–Trinajstić information content (AvgIpc) is 3.31. The minimum Gasteiger partial charge on any atom is -0.369 e. The highest BCUT2D eigenvalue weighted by Gasteiger charge is 2.29. The van der Waals surface area contributed by atoms with Gasteiger partial charge in [-0.25, -0.2) is 9.97 Å². The summed E-state index contributed by atoms with van der Waals surface area (Å²) in [5, 5.41) is 4.75. The van der Waals surface area contributed by atoms with Gasteiger partial charge in [0.05, 0.1) is 17.9 Å². The summed E-state index contributed by atoms with van der Waals surface area (Å²) < 4.78 is 1.99. The Morgan fingerprint density at radius 1 is 1.00 bits per heavy atom. The molecule has 0 atom stereocenters. The van der Waals surface area contributed by atoms with Gasteiger partial charge in [0, 0.05) is 69.9 Å². The third-order valence-corrected chi connectivity index (χ3v) is 7.58. The standard InChI is InChI=1S/C28H38N8O.C2H6/c1-18(2)23-15-25(33(5)32-23)36-10-9-22-21(16-36)28(35-13-11-34(12-14-35)17-24(29)37)31-27(30-22)26-19(3)7-6-8-20(26)4;1-2/h6-8,15,18H,9-14,16-17H2,1-5H3,(H2,29,37);1-2H3. The van der Waals surface area contributed by atoms with Crippen LogP contribution >= 0.6 is 0 Å². The van der Waals surface area contributed by atoms with Crippen molar-refractivity contribution in [2.75, 3.05) is 49.1 Å². The van der Waals surface area contributed by atoms with Gasteiger partial charge >= 0.3 is 0 Å². The lowest BCUT2D eigenvalue weighted by Crippen LogP contribution is -2.49. The summed E-state index contributed by atoms with van der Waals surface area (Å²) >= 11 is 0. The molecule has 1 saturated heterocycles. The van der Waals surface area contributed by atoms with Gasteiger partial charge in [0.2, 0.25) is 5.91 Å². The normalized spacial score (nSPS) is 15.7. The van der Waals surface area contributed by atoms with E-state index in [4.69, 9.17) is 20.8 Å². The molecule has 4 heterocycles. The lowest BCUT2D eigenvalue weighted by atomic mass is 10.0. The van der Waals surface area contributed by atoms with Crippen LogP contribution in [0, 0.1) is 13.8 Å². The van der Waals surface area contributed by atoms with Crippen LogP contribution in [0.3, 0.4) is 0 Å². The van der Waals surface area contributed by atoms with E-state index in [1.165, 1.54) is 16.7 Å². The largest absolute Gasteiger partial charge is 0.369 e. The first-order valence-corrected chi connectivity index (χ1v) is 14.2. The van der Waals surface area contributed by atoms with Crippen molar-refractivity contribution in [2.45, 2.75) is 60.4 Å². The molecule has 0 bridgehead atoms. The quantitative estimate of drug-likeness (QED) is 0.516. The molecule has 2 aromatic heterocycles. The van der Waals surface area contributed by atoms with Crippen LogP contribution in [-0.4, -0.2) is 69.8 Å². The number of carbonyl (C=O) groups excluding carboxylic acids is 1. The van der Waals surface area contributed by atoms with E-state index in [1.807, 2.05) is 25.6 Å². The van der Waals surface area contributed by atoms with Crippen molar-refractivity contribution >= 4 is 17.5 Å². The van der Waals surface area contributed by atoms with Crippen molar-refractivity contribution in [2.24, 2.45) is 12.8 Å². The van der Waals surface area contributed by atoms with Crippen LogP contribution in [0.1, 0.15) is 61.7 Å². The molecular weight excluding hydrogens is 488 g/mol. The number of primary amides is 1. The molecule has 5 rings (SSSR count). The van der Waals surface area contributed by atoms with E-state index in [1.54, 1.807) is 0 Å². The maximum atomic E-state index is 11.5. The third kappa shape index (κ3) is 6.08. The molecule has 9 heteroatoms. The van der Waals surface area contributed by atoms with Crippen molar-refractivity contribution in [1.82, 2.24) is 24.6 Å². The van der Waals surface area contributed by atoms with Crippen LogP contribution in [0.15, 0.2) is 24.3 Å². The molecule has 2 aliphatic rings. The number of carbonyl (C=O) groups is 1. The Kier molecular flexibility index (Phi) is 8.90. The van der Waals surface area contributed by atoms with E-state index in [2.05, 4.69) is 66.7 Å². The predicted molar refractivity (Wildman–Crippen MR) is 158 cm³/mol. The summed E-state index contributed by atoms with van der Waals surface area (Å²) in [5.74, 6) is 3.05. The first-order valence-electron chi connectivity index (χ1n) is 14.2. The molecule has 2 aliphatic heterocycles. The molecule has 0 aliphatic carbocycles. The Morgan fingerprint density at radius 3 is 2.26 bits per heavy atom. The molecule has 3 aromatic rings. The second-order valence-corrected chi connectivity index (χ2v) is 10.7. The van der Waals surface area contributed by atoms with E-state index in [9.17, 15) is 4.79 Å². The summed E-state index contributed by atoms with van der Waals surface area (Å²) in [7, 11) is 2.02. The molecule has 0 saturated carbocycles. The predicted octanol–water partition coefficient (Wildman–Crippen LogP) is 3.81. The summed E-state index contributed by atoms with van der Waals surface area (Å²) in [6, 6.07) is 8.56. The molecule has 0 radical (unpaired) electrons. The summed E-state index contributed by atoms with van der Waals surface area (Å²) in [6.45, 7) is 17.7. The maximum absolute atomic E-state index is 11.5. The molecule has 1 aromatic carbocycles. The van der Waals surface area contributed by atoms with Crippen molar-refractivity contribution in [1.29, 1.82) is 0 Å². The Balaban J connectivity index is 0.00000172. The number of aromatic nitrogens is 4. The van der Waals surface area contributed by atoms with Crippen LogP contribution in [-0.2, 0) is 24.8 Å². The fraction of sp³-hybridized carbons (Fsp3) is 0.533. The fourth-order valence-electron chi connectivity index (χ4n) is 5.53. The first-order chi connectivity index (χ1) is 18.7. The lowest BCUT2D eigenvalue weighted by molar-refractivity contribution is -0.119. The molecule has 9 nitrogen and oxygen atoms in total. The number of fused-ring (bicyclic) bond motifs is 1. The zero-order chi connectivity index (χ0) is 28.3. The number of benzene rings is 1. The van der Waals surface area contributed by atoms with E-state index in [0.717, 1.165) is 80.1 Å². The number of aryl methyl sites for hydroxylation is 3. The lowest BCUT2D eigenvalue weighted by Gasteiger charge is -2.38. The second-order valence-electron chi connectivity index (χ2n) is 10.7. The highest BCUT2D eigenvalue weighted by molar-refractivity contribution is 5.76. The van der Waals surface area contributed by atoms with Gasteiger partial charge in [0.25, 0.3) is 0 Å². The summed E-state index contributed by atoms with van der Waals surface area (Å²) in [4.78, 5) is 28.7. The number of piperazine rings is 1. The van der Waals surface area contributed by atoms with E-state index in [-0.39, 0.29) is 5.91 Å². The number of nitrogens with zero attached hydrogens (tertiary/aromatic N) is 7. The Hall–Kier alpha value is -3.46. The number of amides is 1. The van der Waals surface area contributed by atoms with Crippen molar-refractivity contribution in [3.63, 3.8) is 0 Å². The third-order valence-electron chi connectivity index (χ3n) is 7.58. The van der Waals surface area contributed by atoms with Crippen LogP contribution in [0.5, 0.6) is 0 Å². The molecule has 210 valence electrons. The van der Waals surface area contributed by atoms with Crippen LogP contribution in [0.2, 0.25) is 0 Å². The van der Waals surface area contributed by atoms with E-state index in [0.29, 0.717) is 12.5 Å². The molecule has 39 heavy (non-hydrogen) atoms. The second kappa shape index (κ2) is 12.2. The van der Waals surface area contributed by atoms with Crippen molar-refractivity contribution in [3.8, 4) is 11.4 Å². The zero-order valence-electron chi connectivity index (χ0n) is 24.7. The van der Waals surface area contributed by atoms with Gasteiger partial charge in [-0.2, -0.15) is 5.10 Å². The van der Waals surface area contributed by atoms with Gasteiger partial charge in [-0.3, -0.25) is 14.4 Å². The monoisotopic (exact) mass is 532 g/mol. The number of nitrogens with two attached hydrogens (primary N) is 1. The molecule has 0 unspecified atom stereocenters. The molecule has 2 N–H and O–H groups in total. The SMILES string of the molecule is CC.Cc1cccc(C)c1-c1nc2c(c(N3CCN(CC(N)=O)CC3)n1)CN(c1cc(C(C)C)nn1C)CC2. The number of hydrogen-bond donors (Lipinski definition) is 1. The smallest absolute Gasteiger partial charge is 0.231 e. The van der Waals surface area contributed by atoms with Crippen LogP contribution in [0.25, 0.3) is 11.4 Å². The van der Waals surface area contributed by atoms with Crippen molar-refractivity contribution in [3.05, 3.63) is 52.3 Å². The van der Waals surface area contributed by atoms with E-state index >= 15 is 0 Å². The Labute approximate surface area is 233 Å². The van der Waals surface area contributed by atoms with E-state index < -0.39 is 0 Å². The highest BCUT2D eigenvalue weighted by Crippen LogP contribution is 2.34. The maximum Gasteiger partial charge on any atom is 0.231 e. The molecule has 1 amide bonds. The van der Waals surface area contributed by atoms with Crippen LogP contribution in [0.4, 0.5) is 11.6 Å². The van der Waals surface area contributed by atoms with Gasteiger partial charge < -0.3 is 15.5 Å². The molecule has 1 fully saturated rings. The topological polar surface area (TPSA) is 96.4 Å². The summed E-state index contributed by atoms with van der Waals surface area (Å²) in [5.41, 5.74) is 12.4. The fourth-order valence-corrected chi connectivity index (χ4v) is 5.53. The van der Waals surface area contributed by atoms with Gasteiger partial charge in [-0.15, -0.1) is 0 Å². The average molecular weight is 533 g/mol. The zero-order valence-corrected chi connectivity index (χ0v) is 24.7. The minimum absolute atomic E-state index is 0.280. The molecule has 0 spiro atoms. The number of anilines is 2. The molecular formula is C30H44N8O. The van der Waals surface area contributed by atoms with Gasteiger partial charge in [-0.1, -0.05) is 45.9 Å². The van der Waals surface area contributed by atoms with Crippen LogP contribution < -0.4 is 15.5 Å². The number of rotatable bonds is 6.